The summed E-state index contributed by atoms with van der Waals surface area (Å²) in [4.78, 5) is 41.4. The highest BCUT2D eigenvalue weighted by Crippen LogP contribution is 2.14. The van der Waals surface area contributed by atoms with Crippen LogP contribution in [-0.4, -0.2) is 45.8 Å². The molecule has 0 radical (unpaired) electrons. The van der Waals surface area contributed by atoms with Gasteiger partial charge >= 0.3 is 12.0 Å². The molecule has 1 unspecified atom stereocenters. The molecular formula is C19H23N5O4. The fraction of sp³-hybridized carbons (Fsp3) is 0.368. The van der Waals surface area contributed by atoms with Gasteiger partial charge in [0.15, 0.2) is 5.82 Å². The van der Waals surface area contributed by atoms with Gasteiger partial charge in [-0.3, -0.25) is 4.79 Å². The topological polar surface area (TPSA) is 117 Å². The Hall–Kier alpha value is -3.36. The minimum absolute atomic E-state index is 0.0881. The van der Waals surface area contributed by atoms with E-state index < -0.39 is 5.97 Å². The van der Waals surface area contributed by atoms with Crippen molar-refractivity contribution in [2.75, 3.05) is 18.0 Å². The maximum absolute atomic E-state index is 12.2. The quantitative estimate of drug-likeness (QED) is 0.706. The number of rotatable bonds is 5. The molecule has 9 nitrogen and oxygen atoms in total. The van der Waals surface area contributed by atoms with E-state index in [1.807, 2.05) is 4.90 Å². The van der Waals surface area contributed by atoms with Gasteiger partial charge in [0.2, 0.25) is 0 Å². The molecule has 0 aliphatic carbocycles. The average molecular weight is 385 g/mol. The molecule has 1 atom stereocenters. The Bertz CT molecular complexity index is 909. The molecule has 9 heteroatoms. The van der Waals surface area contributed by atoms with E-state index in [9.17, 15) is 14.4 Å². The molecule has 148 valence electrons. The summed E-state index contributed by atoms with van der Waals surface area (Å²) in [5.74, 6) is -0.586. The lowest BCUT2D eigenvalue weighted by molar-refractivity contribution is 0.0697. The number of piperidine rings is 1. The Morgan fingerprint density at radius 2 is 2.04 bits per heavy atom. The third-order valence-corrected chi connectivity index (χ3v) is 4.71. The standard InChI is InChI=1S/C19H23N5O4/c1-23-10-8-20-16(17(23)25)24-9-2-3-15(12-24)22-19(28)21-11-13-4-6-14(7-5-13)18(26)27/h4-8,10,15H,2-3,9,11-12H2,1H3,(H,26,27)(H2,21,22,28). The molecule has 1 aliphatic heterocycles. The average Bonchev–Trinajstić information content (AvgIpc) is 2.69. The van der Waals surface area contributed by atoms with Gasteiger partial charge in [-0.25, -0.2) is 14.6 Å². The van der Waals surface area contributed by atoms with Gasteiger partial charge in [-0.1, -0.05) is 12.1 Å². The number of carbonyl (C=O) groups is 2. The SMILES string of the molecule is Cn1ccnc(N2CCCC(NC(=O)NCc3ccc(C(=O)O)cc3)C2)c1=O. The van der Waals surface area contributed by atoms with Crippen molar-refractivity contribution in [3.63, 3.8) is 0 Å². The van der Waals surface area contributed by atoms with E-state index in [1.165, 1.54) is 16.7 Å². The van der Waals surface area contributed by atoms with Crippen molar-refractivity contribution < 1.29 is 14.7 Å². The van der Waals surface area contributed by atoms with Crippen LogP contribution in [0.25, 0.3) is 0 Å². The van der Waals surface area contributed by atoms with E-state index in [-0.39, 0.29) is 23.2 Å². The van der Waals surface area contributed by atoms with Gasteiger partial charge < -0.3 is 25.2 Å². The van der Waals surface area contributed by atoms with Crippen LogP contribution in [-0.2, 0) is 13.6 Å². The van der Waals surface area contributed by atoms with Crippen LogP contribution in [0.2, 0.25) is 0 Å². The second-order valence-electron chi connectivity index (χ2n) is 6.78. The van der Waals surface area contributed by atoms with E-state index >= 15 is 0 Å². The number of aromatic nitrogens is 2. The molecule has 0 bridgehead atoms. The first-order valence-electron chi connectivity index (χ1n) is 9.07. The smallest absolute Gasteiger partial charge is 0.335 e. The Labute approximate surface area is 162 Å². The van der Waals surface area contributed by atoms with E-state index in [2.05, 4.69) is 15.6 Å². The third-order valence-electron chi connectivity index (χ3n) is 4.71. The minimum Gasteiger partial charge on any atom is -0.478 e. The zero-order valence-electron chi connectivity index (χ0n) is 15.6. The summed E-state index contributed by atoms with van der Waals surface area (Å²) >= 11 is 0. The van der Waals surface area contributed by atoms with Gasteiger partial charge in [-0.05, 0) is 30.5 Å². The van der Waals surface area contributed by atoms with Gasteiger partial charge in [0, 0.05) is 45.1 Å². The summed E-state index contributed by atoms with van der Waals surface area (Å²) in [6.07, 6.45) is 4.88. The van der Waals surface area contributed by atoms with Crippen LogP contribution in [0.5, 0.6) is 0 Å². The lowest BCUT2D eigenvalue weighted by Crippen LogP contribution is -2.51. The monoisotopic (exact) mass is 385 g/mol. The Morgan fingerprint density at radius 3 is 2.75 bits per heavy atom. The molecule has 2 heterocycles. The van der Waals surface area contributed by atoms with Gasteiger partial charge in [-0.15, -0.1) is 0 Å². The van der Waals surface area contributed by atoms with Crippen LogP contribution in [0, 0.1) is 0 Å². The normalized spacial score (nSPS) is 16.5. The lowest BCUT2D eigenvalue weighted by Gasteiger charge is -2.33. The maximum atomic E-state index is 12.2. The summed E-state index contributed by atoms with van der Waals surface area (Å²) in [6, 6.07) is 5.96. The molecule has 1 aliphatic rings. The van der Waals surface area contributed by atoms with Crippen LogP contribution >= 0.6 is 0 Å². The van der Waals surface area contributed by atoms with Gasteiger partial charge in [0.05, 0.1) is 5.56 Å². The van der Waals surface area contributed by atoms with Crippen molar-refractivity contribution in [3.8, 4) is 0 Å². The van der Waals surface area contributed by atoms with Crippen LogP contribution < -0.4 is 21.1 Å². The summed E-state index contributed by atoms with van der Waals surface area (Å²) < 4.78 is 1.49. The van der Waals surface area contributed by atoms with E-state index in [1.54, 1.807) is 31.6 Å². The minimum atomic E-state index is -0.984. The van der Waals surface area contributed by atoms with Gasteiger partial charge in [-0.2, -0.15) is 0 Å². The molecule has 1 aromatic heterocycles. The van der Waals surface area contributed by atoms with Crippen LogP contribution in [0.15, 0.2) is 41.5 Å². The maximum Gasteiger partial charge on any atom is 0.335 e. The Kier molecular flexibility index (Phi) is 5.93. The predicted molar refractivity (Wildman–Crippen MR) is 103 cm³/mol. The molecule has 3 N–H and O–H groups in total. The summed E-state index contributed by atoms with van der Waals surface area (Å²) in [6.45, 7) is 1.54. The van der Waals surface area contributed by atoms with Crippen molar-refractivity contribution in [2.24, 2.45) is 7.05 Å². The molecule has 1 fully saturated rings. The number of nitrogens with one attached hydrogen (secondary N) is 2. The van der Waals surface area contributed by atoms with Crippen molar-refractivity contribution >= 4 is 17.8 Å². The summed E-state index contributed by atoms with van der Waals surface area (Å²) in [5.41, 5.74) is 0.857. The largest absolute Gasteiger partial charge is 0.478 e. The van der Waals surface area contributed by atoms with Gasteiger partial charge in [0.1, 0.15) is 0 Å². The molecule has 1 saturated heterocycles. The summed E-state index contributed by atoms with van der Waals surface area (Å²) in [5, 5.41) is 14.6. The number of carbonyl (C=O) groups excluding carboxylic acids is 1. The second-order valence-corrected chi connectivity index (χ2v) is 6.78. The number of amides is 2. The number of hydrogen-bond acceptors (Lipinski definition) is 5. The van der Waals surface area contributed by atoms with Crippen LogP contribution in [0.4, 0.5) is 10.6 Å². The van der Waals surface area contributed by atoms with Crippen molar-refractivity contribution in [3.05, 3.63) is 58.1 Å². The van der Waals surface area contributed by atoms with E-state index in [0.29, 0.717) is 18.9 Å². The molecule has 2 amide bonds. The molecule has 1 aromatic carbocycles. The molecular weight excluding hydrogens is 362 g/mol. The number of carboxylic acids is 1. The van der Waals surface area contributed by atoms with Crippen LogP contribution in [0.1, 0.15) is 28.8 Å². The summed E-state index contributed by atoms with van der Waals surface area (Å²) in [7, 11) is 1.68. The van der Waals surface area contributed by atoms with Crippen molar-refractivity contribution in [1.29, 1.82) is 0 Å². The molecule has 28 heavy (non-hydrogen) atoms. The van der Waals surface area contributed by atoms with Crippen LogP contribution in [0.3, 0.4) is 0 Å². The Morgan fingerprint density at radius 1 is 1.29 bits per heavy atom. The molecule has 2 aromatic rings. The highest BCUT2D eigenvalue weighted by atomic mass is 16.4. The number of hydrogen-bond donors (Lipinski definition) is 3. The lowest BCUT2D eigenvalue weighted by atomic mass is 10.1. The highest BCUT2D eigenvalue weighted by Gasteiger charge is 2.24. The highest BCUT2D eigenvalue weighted by molar-refractivity contribution is 5.87. The first-order chi connectivity index (χ1) is 13.4. The molecule has 0 saturated carbocycles. The Balaban J connectivity index is 1.53. The second kappa shape index (κ2) is 8.55. The number of nitrogens with zero attached hydrogens (tertiary/aromatic N) is 3. The van der Waals surface area contributed by atoms with Gasteiger partial charge in [0.25, 0.3) is 5.56 Å². The number of aromatic carboxylic acids is 1. The number of urea groups is 1. The molecule has 3 rings (SSSR count). The van der Waals surface area contributed by atoms with Crippen molar-refractivity contribution in [1.82, 2.24) is 20.2 Å². The number of carboxylic acid groups (broad SMARTS) is 1. The van der Waals surface area contributed by atoms with E-state index in [4.69, 9.17) is 5.11 Å². The molecule has 0 spiro atoms. The van der Waals surface area contributed by atoms with Crippen molar-refractivity contribution in [2.45, 2.75) is 25.4 Å². The fourth-order valence-electron chi connectivity index (χ4n) is 3.17. The number of aryl methyl sites for hydroxylation is 1. The first kappa shape index (κ1) is 19.4. The zero-order chi connectivity index (χ0) is 20.1. The fourth-order valence-corrected chi connectivity index (χ4v) is 3.17. The first-order valence-corrected chi connectivity index (χ1v) is 9.07. The number of benzene rings is 1. The third kappa shape index (κ3) is 4.67. The van der Waals surface area contributed by atoms with E-state index in [0.717, 1.165) is 24.9 Å². The zero-order valence-corrected chi connectivity index (χ0v) is 15.6. The predicted octanol–water partition coefficient (Wildman–Crippen LogP) is 0.947. The number of anilines is 1.